The third-order valence-corrected chi connectivity index (χ3v) is 6.59. The standard InChI is InChI=1S/C20H21F3N6O/c1-27(16-8-14-3-4-15(16)29(14)11-25)19(30)13-6-7-28(10-13)18-12(9-24)2-5-17(26-18)20(21,22)23/h2,5,13-16H,3-4,6-8,10H2,1H3/t13-,14-,15+,16+/m0/s1. The van der Waals surface area contributed by atoms with Crippen molar-refractivity contribution in [1.82, 2.24) is 14.8 Å². The van der Waals surface area contributed by atoms with Gasteiger partial charge < -0.3 is 14.7 Å². The molecule has 0 saturated carbocycles. The van der Waals surface area contributed by atoms with Crippen LogP contribution in [-0.4, -0.2) is 59.0 Å². The highest BCUT2D eigenvalue weighted by molar-refractivity contribution is 5.80. The Balaban J connectivity index is 1.48. The highest BCUT2D eigenvalue weighted by Gasteiger charge is 2.49. The zero-order valence-electron chi connectivity index (χ0n) is 16.4. The van der Waals surface area contributed by atoms with Gasteiger partial charge in [-0.25, -0.2) is 4.98 Å². The van der Waals surface area contributed by atoms with Crippen molar-refractivity contribution < 1.29 is 18.0 Å². The van der Waals surface area contributed by atoms with Crippen LogP contribution in [0.1, 0.15) is 36.9 Å². The van der Waals surface area contributed by atoms with Gasteiger partial charge >= 0.3 is 6.18 Å². The number of hydrogen-bond donors (Lipinski definition) is 0. The normalized spacial score (nSPS) is 27.8. The molecule has 3 aliphatic rings. The highest BCUT2D eigenvalue weighted by atomic mass is 19.4. The lowest BCUT2D eigenvalue weighted by Gasteiger charge is -2.32. The Hall–Kier alpha value is -3.01. The third-order valence-electron chi connectivity index (χ3n) is 6.59. The van der Waals surface area contributed by atoms with E-state index < -0.39 is 11.9 Å². The molecule has 1 aromatic rings. The predicted octanol–water partition coefficient (Wildman–Crippen LogP) is 2.34. The van der Waals surface area contributed by atoms with E-state index in [9.17, 15) is 28.5 Å². The fourth-order valence-corrected chi connectivity index (χ4v) is 5.07. The number of likely N-dealkylation sites (N-methyl/N-ethyl adjacent to an activating group) is 1. The number of halogens is 3. The van der Waals surface area contributed by atoms with Gasteiger partial charge in [-0.1, -0.05) is 0 Å². The van der Waals surface area contributed by atoms with Crippen molar-refractivity contribution in [3.8, 4) is 12.3 Å². The third kappa shape index (κ3) is 3.30. The summed E-state index contributed by atoms with van der Waals surface area (Å²) in [6.45, 7) is 0.573. The van der Waals surface area contributed by atoms with Gasteiger partial charge in [-0.05, 0) is 37.8 Å². The first-order valence-electron chi connectivity index (χ1n) is 9.92. The lowest BCUT2D eigenvalue weighted by Crippen LogP contribution is -2.47. The fourth-order valence-electron chi connectivity index (χ4n) is 5.07. The molecule has 7 nitrogen and oxygen atoms in total. The maximum absolute atomic E-state index is 13.1. The van der Waals surface area contributed by atoms with Crippen LogP contribution in [0.25, 0.3) is 0 Å². The van der Waals surface area contributed by atoms with Gasteiger partial charge in [0.1, 0.15) is 17.6 Å². The number of amides is 1. The summed E-state index contributed by atoms with van der Waals surface area (Å²) in [6.07, 6.45) is 0.729. The summed E-state index contributed by atoms with van der Waals surface area (Å²) in [5, 5.41) is 18.6. The van der Waals surface area contributed by atoms with E-state index in [0.29, 0.717) is 13.0 Å². The number of nitrogens with zero attached hydrogens (tertiary/aromatic N) is 6. The van der Waals surface area contributed by atoms with Gasteiger partial charge in [0.2, 0.25) is 5.91 Å². The molecule has 1 amide bonds. The molecule has 158 valence electrons. The van der Waals surface area contributed by atoms with Crippen molar-refractivity contribution in [2.24, 2.45) is 5.92 Å². The van der Waals surface area contributed by atoms with E-state index >= 15 is 0 Å². The second-order valence-corrected chi connectivity index (χ2v) is 8.17. The molecular formula is C20H21F3N6O. The fraction of sp³-hybridized carbons (Fsp3) is 0.600. The lowest BCUT2D eigenvalue weighted by atomic mass is 9.93. The molecule has 0 aliphatic carbocycles. The molecule has 10 heteroatoms. The van der Waals surface area contributed by atoms with Crippen LogP contribution in [0.3, 0.4) is 0 Å². The number of rotatable bonds is 3. The molecule has 4 rings (SSSR count). The van der Waals surface area contributed by atoms with Crippen LogP contribution in [0.5, 0.6) is 0 Å². The Morgan fingerprint density at radius 3 is 2.67 bits per heavy atom. The molecule has 3 saturated heterocycles. The summed E-state index contributed by atoms with van der Waals surface area (Å²) < 4.78 is 39.2. The van der Waals surface area contributed by atoms with Crippen LogP contribution in [-0.2, 0) is 11.0 Å². The summed E-state index contributed by atoms with van der Waals surface area (Å²) in [6, 6.07) is 4.02. The summed E-state index contributed by atoms with van der Waals surface area (Å²) in [5.74, 6) is -0.480. The molecule has 4 heterocycles. The first kappa shape index (κ1) is 20.3. The molecular weight excluding hydrogens is 397 g/mol. The first-order valence-corrected chi connectivity index (χ1v) is 9.92. The van der Waals surface area contributed by atoms with Gasteiger partial charge in [0.15, 0.2) is 6.19 Å². The van der Waals surface area contributed by atoms with E-state index in [1.807, 2.05) is 6.07 Å². The van der Waals surface area contributed by atoms with Crippen molar-refractivity contribution in [1.29, 1.82) is 10.5 Å². The number of carbonyl (C=O) groups is 1. The number of nitriles is 2. The molecule has 4 atom stereocenters. The van der Waals surface area contributed by atoms with Crippen LogP contribution < -0.4 is 4.90 Å². The predicted molar refractivity (Wildman–Crippen MR) is 99.7 cm³/mol. The van der Waals surface area contributed by atoms with Gasteiger partial charge in [0, 0.05) is 26.2 Å². The topological polar surface area (TPSA) is 87.3 Å². The number of fused-ring (bicyclic) bond motifs is 2. The minimum Gasteiger partial charge on any atom is -0.355 e. The van der Waals surface area contributed by atoms with E-state index in [2.05, 4.69) is 11.2 Å². The number of carbonyl (C=O) groups excluding carboxylic acids is 1. The molecule has 30 heavy (non-hydrogen) atoms. The zero-order chi connectivity index (χ0) is 21.6. The van der Waals surface area contributed by atoms with E-state index in [-0.39, 0.29) is 47.9 Å². The summed E-state index contributed by atoms with van der Waals surface area (Å²) in [7, 11) is 1.75. The SMILES string of the molecule is CN(C(=O)[C@H]1CCN(c2nc(C(F)(F)F)ccc2C#N)C1)[C@@H]1C[C@@H]2CC[C@H]1N2C#N. The molecule has 0 unspecified atom stereocenters. The van der Waals surface area contributed by atoms with Crippen molar-refractivity contribution in [2.75, 3.05) is 25.0 Å². The quantitative estimate of drug-likeness (QED) is 0.701. The molecule has 0 aromatic carbocycles. The summed E-state index contributed by atoms with van der Waals surface area (Å²) in [5.41, 5.74) is -0.996. The van der Waals surface area contributed by atoms with Crippen LogP contribution in [0, 0.1) is 28.7 Å². The zero-order valence-corrected chi connectivity index (χ0v) is 16.4. The van der Waals surface area contributed by atoms with Crippen LogP contribution in [0.15, 0.2) is 12.1 Å². The molecule has 3 fully saturated rings. The minimum absolute atomic E-state index is 0.0219. The van der Waals surface area contributed by atoms with Crippen LogP contribution >= 0.6 is 0 Å². The van der Waals surface area contributed by atoms with E-state index in [1.54, 1.807) is 21.7 Å². The van der Waals surface area contributed by atoms with Gasteiger partial charge in [-0.2, -0.15) is 23.7 Å². The summed E-state index contributed by atoms with van der Waals surface area (Å²) in [4.78, 5) is 21.9. The number of anilines is 1. The van der Waals surface area contributed by atoms with E-state index in [1.165, 1.54) is 0 Å². The van der Waals surface area contributed by atoms with Crippen LogP contribution in [0.4, 0.5) is 19.0 Å². The van der Waals surface area contributed by atoms with Crippen molar-refractivity contribution in [3.63, 3.8) is 0 Å². The summed E-state index contributed by atoms with van der Waals surface area (Å²) >= 11 is 0. The maximum Gasteiger partial charge on any atom is 0.433 e. The van der Waals surface area contributed by atoms with Crippen molar-refractivity contribution >= 4 is 11.7 Å². The molecule has 0 spiro atoms. The van der Waals surface area contributed by atoms with Crippen molar-refractivity contribution in [3.05, 3.63) is 23.4 Å². The Kier molecular flexibility index (Phi) is 4.97. The van der Waals surface area contributed by atoms with Crippen molar-refractivity contribution in [2.45, 2.75) is 50.0 Å². The Morgan fingerprint density at radius 1 is 1.27 bits per heavy atom. The van der Waals surface area contributed by atoms with Gasteiger partial charge in [-0.15, -0.1) is 0 Å². The highest BCUT2D eigenvalue weighted by Crippen LogP contribution is 2.40. The number of alkyl halides is 3. The molecule has 0 N–H and O–H groups in total. The van der Waals surface area contributed by atoms with Crippen LogP contribution in [0.2, 0.25) is 0 Å². The second kappa shape index (κ2) is 7.35. The van der Waals surface area contributed by atoms with Gasteiger partial charge in [0.25, 0.3) is 0 Å². The largest absolute Gasteiger partial charge is 0.433 e. The van der Waals surface area contributed by atoms with Gasteiger partial charge in [-0.3, -0.25) is 4.79 Å². The average molecular weight is 418 g/mol. The molecule has 3 aliphatic heterocycles. The number of hydrogen-bond acceptors (Lipinski definition) is 6. The smallest absolute Gasteiger partial charge is 0.355 e. The monoisotopic (exact) mass is 418 g/mol. The Bertz CT molecular complexity index is 936. The van der Waals surface area contributed by atoms with Gasteiger partial charge in [0.05, 0.1) is 23.6 Å². The lowest BCUT2D eigenvalue weighted by molar-refractivity contribution is -0.141. The molecule has 0 radical (unpaired) electrons. The minimum atomic E-state index is -4.60. The average Bonchev–Trinajstić information content (AvgIpc) is 3.45. The molecule has 1 aromatic heterocycles. The van der Waals surface area contributed by atoms with E-state index in [0.717, 1.165) is 31.4 Å². The first-order chi connectivity index (χ1) is 14.2. The van der Waals surface area contributed by atoms with E-state index in [4.69, 9.17) is 0 Å². The number of aromatic nitrogens is 1. The second-order valence-electron chi connectivity index (χ2n) is 8.17. The maximum atomic E-state index is 13.1. The Labute approximate surface area is 172 Å². The Morgan fingerprint density at radius 2 is 2.03 bits per heavy atom. The number of pyridine rings is 1. The molecule has 2 bridgehead atoms.